The summed E-state index contributed by atoms with van der Waals surface area (Å²) in [6.07, 6.45) is 71.7. The van der Waals surface area contributed by atoms with Gasteiger partial charge in [-0.2, -0.15) is 0 Å². The number of allylic oxidation sites excluding steroid dienone is 12. The second kappa shape index (κ2) is 71.9. The van der Waals surface area contributed by atoms with Gasteiger partial charge in [0.15, 0.2) is 12.2 Å². The van der Waals surface area contributed by atoms with Crippen LogP contribution in [0.1, 0.15) is 349 Å². The van der Waals surface area contributed by atoms with Crippen LogP contribution in [0.25, 0.3) is 0 Å². The van der Waals surface area contributed by atoms with Crippen molar-refractivity contribution < 1.29 is 80.2 Å². The van der Waals surface area contributed by atoms with Crippen LogP contribution in [0.2, 0.25) is 0 Å². The summed E-state index contributed by atoms with van der Waals surface area (Å²) in [5.74, 6) is -2.19. The number of ether oxygens (including phenoxy) is 4. The quantitative estimate of drug-likeness (QED) is 0.0169. The Labute approximate surface area is 596 Å². The fraction of sp³-hybridized carbons (Fsp3) is 0.797. The van der Waals surface area contributed by atoms with E-state index < -0.39 is 97.5 Å². The minimum Gasteiger partial charge on any atom is -0.462 e. The summed E-state index contributed by atoms with van der Waals surface area (Å²) in [7, 11) is -9.94. The van der Waals surface area contributed by atoms with Crippen LogP contribution in [0.3, 0.4) is 0 Å². The number of hydrogen-bond donors (Lipinski definition) is 3. The number of aliphatic hydroxyl groups excluding tert-OH is 1. The highest BCUT2D eigenvalue weighted by molar-refractivity contribution is 7.47. The van der Waals surface area contributed by atoms with Gasteiger partial charge in [0.05, 0.1) is 26.4 Å². The monoisotopic (exact) mass is 1420 g/mol. The van der Waals surface area contributed by atoms with E-state index in [9.17, 15) is 43.2 Å². The molecule has 5 atom stereocenters. The van der Waals surface area contributed by atoms with Crippen LogP contribution in [0.5, 0.6) is 0 Å². The summed E-state index contributed by atoms with van der Waals surface area (Å²) in [6, 6.07) is 0. The van der Waals surface area contributed by atoms with Crippen molar-refractivity contribution in [1.29, 1.82) is 0 Å². The molecule has 570 valence electrons. The van der Waals surface area contributed by atoms with Crippen molar-refractivity contribution in [2.75, 3.05) is 39.6 Å². The molecule has 0 fully saturated rings. The summed E-state index contributed by atoms with van der Waals surface area (Å²) >= 11 is 0. The van der Waals surface area contributed by atoms with Crippen molar-refractivity contribution in [3.63, 3.8) is 0 Å². The van der Waals surface area contributed by atoms with Gasteiger partial charge in [-0.3, -0.25) is 37.3 Å². The molecular weight excluding hydrogens is 1280 g/mol. The molecule has 0 aromatic heterocycles. The Kier molecular flexibility index (Phi) is 69.3. The molecule has 0 aliphatic carbocycles. The average molecular weight is 1430 g/mol. The predicted molar refractivity (Wildman–Crippen MR) is 400 cm³/mol. The van der Waals surface area contributed by atoms with Crippen LogP contribution >= 0.6 is 15.6 Å². The number of carbonyl (C=O) groups excluding carboxylic acids is 4. The van der Waals surface area contributed by atoms with E-state index in [2.05, 4.69) is 101 Å². The zero-order valence-corrected chi connectivity index (χ0v) is 64.0. The first-order valence-electron chi connectivity index (χ1n) is 39.2. The van der Waals surface area contributed by atoms with Gasteiger partial charge >= 0.3 is 39.5 Å². The van der Waals surface area contributed by atoms with E-state index in [1.807, 2.05) is 0 Å². The highest BCUT2D eigenvalue weighted by Gasteiger charge is 2.30. The van der Waals surface area contributed by atoms with Crippen molar-refractivity contribution in [3.8, 4) is 0 Å². The predicted octanol–water partition coefficient (Wildman–Crippen LogP) is 22.4. The van der Waals surface area contributed by atoms with Crippen LogP contribution in [0.15, 0.2) is 72.9 Å². The molecule has 5 unspecified atom stereocenters. The summed E-state index contributed by atoms with van der Waals surface area (Å²) in [5, 5.41) is 10.6. The Hall–Kier alpha value is -3.50. The maximum Gasteiger partial charge on any atom is 0.472 e. The van der Waals surface area contributed by atoms with E-state index >= 15 is 0 Å². The summed E-state index contributed by atoms with van der Waals surface area (Å²) in [6.45, 7) is 4.75. The lowest BCUT2D eigenvalue weighted by Crippen LogP contribution is -2.30. The Morgan fingerprint density at radius 3 is 0.837 bits per heavy atom. The van der Waals surface area contributed by atoms with Crippen molar-refractivity contribution >= 4 is 39.5 Å². The van der Waals surface area contributed by atoms with Crippen molar-refractivity contribution in [1.82, 2.24) is 0 Å². The third-order valence-corrected chi connectivity index (χ3v) is 18.6. The number of carbonyl (C=O) groups is 4. The number of hydrogen-bond acceptors (Lipinski definition) is 15. The molecule has 0 aliphatic heterocycles. The van der Waals surface area contributed by atoms with Gasteiger partial charge in [-0.25, -0.2) is 9.13 Å². The largest absolute Gasteiger partial charge is 0.472 e. The number of rotatable bonds is 74. The van der Waals surface area contributed by atoms with Gasteiger partial charge in [0.1, 0.15) is 19.3 Å². The number of phosphoric acid groups is 2. The molecule has 0 spiro atoms. The summed E-state index contributed by atoms with van der Waals surface area (Å²) < 4.78 is 68.5. The maximum absolute atomic E-state index is 13.1. The fourth-order valence-corrected chi connectivity index (χ4v) is 12.3. The first-order valence-corrected chi connectivity index (χ1v) is 42.2. The highest BCUT2D eigenvalue weighted by Crippen LogP contribution is 2.45. The molecular formula is C79H142O17P2. The lowest BCUT2D eigenvalue weighted by molar-refractivity contribution is -0.161. The second-order valence-electron chi connectivity index (χ2n) is 26.3. The third-order valence-electron chi connectivity index (χ3n) is 16.7. The first kappa shape index (κ1) is 94.5. The Balaban J connectivity index is 5.33. The van der Waals surface area contributed by atoms with Gasteiger partial charge in [0, 0.05) is 25.7 Å². The molecule has 0 rings (SSSR count). The minimum absolute atomic E-state index is 0.0801. The van der Waals surface area contributed by atoms with Crippen molar-refractivity contribution in [2.24, 2.45) is 0 Å². The van der Waals surface area contributed by atoms with E-state index in [-0.39, 0.29) is 25.7 Å². The molecule has 0 aromatic rings. The molecule has 17 nitrogen and oxygen atoms in total. The molecule has 0 saturated carbocycles. The Morgan fingerprint density at radius 2 is 0.531 bits per heavy atom. The summed E-state index contributed by atoms with van der Waals surface area (Å²) in [4.78, 5) is 72.8. The SMILES string of the molecule is CC/C=C\C/C=C\C/C=C\C/C=C\C/C=C\CCCCCC(=O)OCC(COP(=O)(O)OCC(O)COP(=O)(O)OCC(COC(=O)CCCCCCCCCCCCCCC)OC(=O)CCCCCCCCCCCCC)OC(=O)CCCCCCC/C=C\CCCCCCCC. The highest BCUT2D eigenvalue weighted by atomic mass is 31.2. The summed E-state index contributed by atoms with van der Waals surface area (Å²) in [5.41, 5.74) is 0. The molecule has 0 saturated heterocycles. The molecule has 0 aliphatic rings. The van der Waals surface area contributed by atoms with Gasteiger partial charge in [-0.15, -0.1) is 0 Å². The van der Waals surface area contributed by atoms with Gasteiger partial charge < -0.3 is 33.8 Å². The van der Waals surface area contributed by atoms with Gasteiger partial charge in [0.25, 0.3) is 0 Å². The van der Waals surface area contributed by atoms with Gasteiger partial charge in [-0.1, -0.05) is 300 Å². The van der Waals surface area contributed by atoms with Crippen molar-refractivity contribution in [2.45, 2.75) is 367 Å². The van der Waals surface area contributed by atoms with E-state index in [0.29, 0.717) is 25.7 Å². The van der Waals surface area contributed by atoms with Crippen LogP contribution in [-0.2, 0) is 65.4 Å². The molecule has 0 aromatic carbocycles. The zero-order valence-electron chi connectivity index (χ0n) is 62.2. The average Bonchev–Trinajstić information content (AvgIpc) is 0.992. The molecule has 3 N–H and O–H groups in total. The van der Waals surface area contributed by atoms with E-state index in [0.717, 1.165) is 135 Å². The smallest absolute Gasteiger partial charge is 0.462 e. The van der Waals surface area contributed by atoms with E-state index in [1.54, 1.807) is 0 Å². The van der Waals surface area contributed by atoms with Crippen LogP contribution in [-0.4, -0.2) is 96.7 Å². The Morgan fingerprint density at radius 1 is 0.296 bits per heavy atom. The number of aliphatic hydroxyl groups is 1. The van der Waals surface area contributed by atoms with Gasteiger partial charge in [0.2, 0.25) is 0 Å². The third kappa shape index (κ3) is 70.9. The minimum atomic E-state index is -4.98. The molecule has 0 amide bonds. The van der Waals surface area contributed by atoms with Crippen molar-refractivity contribution in [3.05, 3.63) is 72.9 Å². The molecule has 98 heavy (non-hydrogen) atoms. The first-order chi connectivity index (χ1) is 47.7. The normalized spacial score (nSPS) is 14.3. The van der Waals surface area contributed by atoms with Crippen LogP contribution < -0.4 is 0 Å². The topological polar surface area (TPSA) is 237 Å². The maximum atomic E-state index is 13.1. The lowest BCUT2D eigenvalue weighted by atomic mass is 10.0. The zero-order chi connectivity index (χ0) is 71.8. The number of esters is 4. The van der Waals surface area contributed by atoms with E-state index in [4.69, 9.17) is 37.0 Å². The second-order valence-corrected chi connectivity index (χ2v) is 29.2. The Bertz CT molecular complexity index is 2140. The lowest BCUT2D eigenvalue weighted by Gasteiger charge is -2.21. The van der Waals surface area contributed by atoms with Crippen LogP contribution in [0, 0.1) is 0 Å². The fourth-order valence-electron chi connectivity index (χ4n) is 10.7. The number of unbranched alkanes of at least 4 members (excludes halogenated alkanes) is 36. The standard InChI is InChI=1S/C79H142O17P2/c1-5-9-13-17-21-25-29-32-34-35-36-37-39-41-45-48-52-56-60-64-77(82)90-70-75(96-79(84)66-62-58-54-50-46-42-38-33-30-26-22-18-14-10-6-2)72-94-98(87,88)92-68-73(80)67-91-97(85,86)93-71-74(95-78(83)65-61-57-53-49-43-28-24-20-16-12-8-4)69-89-76(81)63-59-55-51-47-44-40-31-27-23-19-15-11-7-3/h9,13,21,25,32-34,36-38,41,45,73-75,80H,5-8,10-12,14-20,22-24,26-31,35,39-40,42-44,46-72H2,1-4H3,(H,85,86)(H,87,88)/b13-9-,25-21-,34-32-,37-36-,38-33-,45-41-. The van der Waals surface area contributed by atoms with E-state index in [1.165, 1.54) is 135 Å². The molecule has 0 heterocycles. The van der Waals surface area contributed by atoms with Crippen LogP contribution in [0.4, 0.5) is 0 Å². The molecule has 0 radical (unpaired) electrons. The number of phosphoric ester groups is 2. The van der Waals surface area contributed by atoms with Gasteiger partial charge in [-0.05, 0) is 96.3 Å². The molecule has 19 heteroatoms. The molecule has 0 bridgehead atoms.